The maximum atomic E-state index is 12.9. The van der Waals surface area contributed by atoms with Crippen molar-refractivity contribution in [1.82, 2.24) is 5.32 Å². The summed E-state index contributed by atoms with van der Waals surface area (Å²) in [6.07, 6.45) is 1.93. The molecule has 2 N–H and O–H groups in total. The molecule has 0 aromatic heterocycles. The zero-order valence-corrected chi connectivity index (χ0v) is 13.9. The quantitative estimate of drug-likeness (QED) is 0.790. The van der Waals surface area contributed by atoms with E-state index < -0.39 is 5.82 Å². The van der Waals surface area contributed by atoms with Gasteiger partial charge in [0, 0.05) is 23.4 Å². The largest absolute Gasteiger partial charge is 0.352 e. The molecule has 126 valence electrons. The summed E-state index contributed by atoms with van der Waals surface area (Å²) in [7, 11) is 0. The van der Waals surface area contributed by atoms with Crippen molar-refractivity contribution in [2.45, 2.75) is 26.7 Å². The lowest BCUT2D eigenvalue weighted by molar-refractivity contribution is 0.0951. The van der Waals surface area contributed by atoms with E-state index in [1.54, 1.807) is 18.2 Å². The molecule has 5 heteroatoms. The van der Waals surface area contributed by atoms with Crippen LogP contribution in [0.4, 0.5) is 10.1 Å². The van der Waals surface area contributed by atoms with Crippen molar-refractivity contribution >= 4 is 17.5 Å². The zero-order valence-electron chi connectivity index (χ0n) is 13.9. The number of carbonyl (C=O) groups is 2. The molecule has 0 saturated heterocycles. The molecule has 2 aromatic carbocycles. The standard InChI is InChI=1S/C19H21FN2O2/c1-3-4-11-21-18(23)15-6-5-13(2)17(12-15)22-19(24)14-7-9-16(20)10-8-14/h5-10,12H,3-4,11H2,1-2H3,(H,21,23)(H,22,24). The van der Waals surface area contributed by atoms with Gasteiger partial charge >= 0.3 is 0 Å². The van der Waals surface area contributed by atoms with Crippen LogP contribution in [0.1, 0.15) is 46.0 Å². The van der Waals surface area contributed by atoms with E-state index in [4.69, 9.17) is 0 Å². The Balaban J connectivity index is 2.12. The number of unbranched alkanes of at least 4 members (excludes halogenated alkanes) is 1. The molecule has 2 amide bonds. The van der Waals surface area contributed by atoms with Crippen LogP contribution in [0.5, 0.6) is 0 Å². The third-order valence-corrected chi connectivity index (χ3v) is 3.67. The molecule has 2 rings (SSSR count). The number of hydrogen-bond donors (Lipinski definition) is 2. The van der Waals surface area contributed by atoms with E-state index in [0.717, 1.165) is 18.4 Å². The predicted octanol–water partition coefficient (Wildman–Crippen LogP) is 3.92. The van der Waals surface area contributed by atoms with Gasteiger partial charge in [0.1, 0.15) is 5.82 Å². The summed E-state index contributed by atoms with van der Waals surface area (Å²) in [6.45, 7) is 4.53. The molecule has 0 spiro atoms. The Hall–Kier alpha value is -2.69. The average Bonchev–Trinajstić information content (AvgIpc) is 2.57. The Bertz CT molecular complexity index is 727. The van der Waals surface area contributed by atoms with E-state index in [9.17, 15) is 14.0 Å². The molecule has 0 heterocycles. The summed E-state index contributed by atoms with van der Waals surface area (Å²) >= 11 is 0. The fourth-order valence-electron chi connectivity index (χ4n) is 2.17. The van der Waals surface area contributed by atoms with Gasteiger partial charge in [0.05, 0.1) is 0 Å². The average molecular weight is 328 g/mol. The Morgan fingerprint density at radius 2 is 1.67 bits per heavy atom. The van der Waals surface area contributed by atoms with Gasteiger partial charge in [0.2, 0.25) is 0 Å². The third kappa shape index (κ3) is 4.65. The molecule has 0 fully saturated rings. The summed E-state index contributed by atoms with van der Waals surface area (Å²) in [5.74, 6) is -0.907. The molecule has 0 atom stereocenters. The van der Waals surface area contributed by atoms with Crippen molar-refractivity contribution in [1.29, 1.82) is 0 Å². The predicted molar refractivity (Wildman–Crippen MR) is 92.8 cm³/mol. The maximum absolute atomic E-state index is 12.9. The van der Waals surface area contributed by atoms with Gasteiger partial charge < -0.3 is 10.6 Å². The minimum absolute atomic E-state index is 0.166. The van der Waals surface area contributed by atoms with E-state index >= 15 is 0 Å². The molecular weight excluding hydrogens is 307 g/mol. The number of hydrogen-bond acceptors (Lipinski definition) is 2. The highest BCUT2D eigenvalue weighted by molar-refractivity contribution is 6.05. The summed E-state index contributed by atoms with van der Waals surface area (Å²) in [5.41, 5.74) is 2.25. The first kappa shape index (κ1) is 17.7. The van der Waals surface area contributed by atoms with Crippen LogP contribution in [0, 0.1) is 12.7 Å². The number of benzene rings is 2. The minimum Gasteiger partial charge on any atom is -0.352 e. The fraction of sp³-hybridized carbons (Fsp3) is 0.263. The second kappa shape index (κ2) is 8.24. The van der Waals surface area contributed by atoms with Crippen molar-refractivity contribution in [3.8, 4) is 0 Å². The van der Waals surface area contributed by atoms with E-state index in [1.165, 1.54) is 24.3 Å². The zero-order chi connectivity index (χ0) is 17.5. The summed E-state index contributed by atoms with van der Waals surface area (Å²) < 4.78 is 12.9. The van der Waals surface area contributed by atoms with Crippen LogP contribution in [0.15, 0.2) is 42.5 Å². The number of nitrogens with one attached hydrogen (secondary N) is 2. The molecule has 0 unspecified atom stereocenters. The molecule has 0 aliphatic carbocycles. The first-order valence-electron chi connectivity index (χ1n) is 7.97. The first-order chi connectivity index (χ1) is 11.5. The van der Waals surface area contributed by atoms with Gasteiger partial charge in [-0.15, -0.1) is 0 Å². The first-order valence-corrected chi connectivity index (χ1v) is 7.97. The smallest absolute Gasteiger partial charge is 0.255 e. The highest BCUT2D eigenvalue weighted by Gasteiger charge is 2.11. The lowest BCUT2D eigenvalue weighted by Crippen LogP contribution is -2.24. The van der Waals surface area contributed by atoms with E-state index in [-0.39, 0.29) is 11.8 Å². The Morgan fingerprint density at radius 3 is 2.33 bits per heavy atom. The molecular formula is C19H21FN2O2. The summed E-state index contributed by atoms with van der Waals surface area (Å²) in [4.78, 5) is 24.3. The summed E-state index contributed by atoms with van der Waals surface area (Å²) in [6, 6.07) is 10.5. The Kier molecular flexibility index (Phi) is 6.07. The molecule has 2 aromatic rings. The van der Waals surface area contributed by atoms with Crippen LogP contribution in [0.3, 0.4) is 0 Å². The van der Waals surface area contributed by atoms with Gasteiger partial charge in [-0.2, -0.15) is 0 Å². The number of amides is 2. The van der Waals surface area contributed by atoms with Gasteiger partial charge in [0.25, 0.3) is 11.8 Å². The summed E-state index contributed by atoms with van der Waals surface area (Å²) in [5, 5.41) is 5.61. The van der Waals surface area contributed by atoms with Crippen LogP contribution in [-0.4, -0.2) is 18.4 Å². The Morgan fingerprint density at radius 1 is 1.00 bits per heavy atom. The van der Waals surface area contributed by atoms with E-state index in [2.05, 4.69) is 17.6 Å². The number of rotatable bonds is 6. The molecule has 0 saturated carbocycles. The third-order valence-electron chi connectivity index (χ3n) is 3.67. The number of anilines is 1. The fourth-order valence-corrected chi connectivity index (χ4v) is 2.17. The number of carbonyl (C=O) groups excluding carboxylic acids is 2. The maximum Gasteiger partial charge on any atom is 0.255 e. The van der Waals surface area contributed by atoms with E-state index in [1.807, 2.05) is 6.92 Å². The van der Waals surface area contributed by atoms with Gasteiger partial charge in [-0.3, -0.25) is 9.59 Å². The van der Waals surface area contributed by atoms with E-state index in [0.29, 0.717) is 23.4 Å². The van der Waals surface area contributed by atoms with Crippen molar-refractivity contribution in [3.63, 3.8) is 0 Å². The monoisotopic (exact) mass is 328 g/mol. The van der Waals surface area contributed by atoms with Crippen LogP contribution < -0.4 is 10.6 Å². The van der Waals surface area contributed by atoms with Crippen molar-refractivity contribution in [2.24, 2.45) is 0 Å². The van der Waals surface area contributed by atoms with Gasteiger partial charge in [0.15, 0.2) is 0 Å². The number of halogens is 1. The SMILES string of the molecule is CCCCNC(=O)c1ccc(C)c(NC(=O)c2ccc(F)cc2)c1. The molecule has 0 aliphatic heterocycles. The van der Waals surface area contributed by atoms with Crippen molar-refractivity contribution in [3.05, 3.63) is 65.0 Å². The Labute approximate surface area is 141 Å². The topological polar surface area (TPSA) is 58.2 Å². The minimum atomic E-state index is -0.395. The van der Waals surface area contributed by atoms with Crippen LogP contribution in [-0.2, 0) is 0 Å². The van der Waals surface area contributed by atoms with Crippen molar-refractivity contribution < 1.29 is 14.0 Å². The molecule has 0 aliphatic rings. The highest BCUT2D eigenvalue weighted by Crippen LogP contribution is 2.18. The molecule has 0 radical (unpaired) electrons. The van der Waals surface area contributed by atoms with Crippen LogP contribution in [0.2, 0.25) is 0 Å². The molecule has 4 nitrogen and oxygen atoms in total. The number of aryl methyl sites for hydroxylation is 1. The second-order valence-electron chi connectivity index (χ2n) is 5.60. The normalized spacial score (nSPS) is 10.3. The van der Waals surface area contributed by atoms with Crippen LogP contribution >= 0.6 is 0 Å². The lowest BCUT2D eigenvalue weighted by atomic mass is 10.1. The van der Waals surface area contributed by atoms with Crippen molar-refractivity contribution in [2.75, 3.05) is 11.9 Å². The second-order valence-corrected chi connectivity index (χ2v) is 5.60. The van der Waals surface area contributed by atoms with Crippen LogP contribution in [0.25, 0.3) is 0 Å². The van der Waals surface area contributed by atoms with Gasteiger partial charge in [-0.1, -0.05) is 19.4 Å². The van der Waals surface area contributed by atoms with Gasteiger partial charge in [-0.05, 0) is 55.3 Å². The highest BCUT2D eigenvalue weighted by atomic mass is 19.1. The molecule has 24 heavy (non-hydrogen) atoms. The lowest BCUT2D eigenvalue weighted by Gasteiger charge is -2.11. The van der Waals surface area contributed by atoms with Gasteiger partial charge in [-0.25, -0.2) is 4.39 Å². The molecule has 0 bridgehead atoms.